The Labute approximate surface area is 130 Å². The molecule has 0 radical (unpaired) electrons. The van der Waals surface area contributed by atoms with Gasteiger partial charge in [0.15, 0.2) is 0 Å². The van der Waals surface area contributed by atoms with Gasteiger partial charge in [-0.3, -0.25) is 0 Å². The van der Waals surface area contributed by atoms with E-state index in [1.165, 1.54) is 0 Å². The molecule has 2 fully saturated rings. The van der Waals surface area contributed by atoms with Gasteiger partial charge in [-0.05, 0) is 31.0 Å². The zero-order valence-corrected chi connectivity index (χ0v) is 12.3. The fraction of sp³-hybridized carbons (Fsp3) is 0.500. The summed E-state index contributed by atoms with van der Waals surface area (Å²) in [6.45, 7) is 1.42. The number of nitrogens with one attached hydrogen (secondary N) is 2. The van der Waals surface area contributed by atoms with E-state index in [1.54, 1.807) is 4.90 Å². The Balaban J connectivity index is 1.79. The minimum atomic E-state index is -4.47. The van der Waals surface area contributed by atoms with Crippen LogP contribution in [0.15, 0.2) is 18.2 Å². The maximum absolute atomic E-state index is 12.8. The zero-order valence-electron chi connectivity index (χ0n) is 11.6. The first kappa shape index (κ1) is 15.4. The maximum atomic E-state index is 12.8. The molecule has 0 spiro atoms. The highest BCUT2D eigenvalue weighted by Crippen LogP contribution is 2.34. The lowest BCUT2D eigenvalue weighted by Gasteiger charge is -2.35. The number of nitrogens with zero attached hydrogens (tertiary/aromatic N) is 1. The summed E-state index contributed by atoms with van der Waals surface area (Å²) in [5, 5.41) is 5.85. The van der Waals surface area contributed by atoms with Crippen LogP contribution in [-0.2, 0) is 6.18 Å². The van der Waals surface area contributed by atoms with Crippen molar-refractivity contribution >= 4 is 23.3 Å². The number of hydrogen-bond donors (Lipinski definition) is 2. The Hall–Kier alpha value is -1.47. The van der Waals surface area contributed by atoms with Crippen LogP contribution in [0.1, 0.15) is 18.4 Å². The number of carbonyl (C=O) groups is 1. The normalized spacial score (nSPS) is 24.5. The van der Waals surface area contributed by atoms with E-state index in [9.17, 15) is 18.0 Å². The van der Waals surface area contributed by atoms with Crippen LogP contribution in [0.2, 0.25) is 5.02 Å². The van der Waals surface area contributed by atoms with E-state index in [-0.39, 0.29) is 22.8 Å². The van der Waals surface area contributed by atoms with Gasteiger partial charge in [0.2, 0.25) is 0 Å². The van der Waals surface area contributed by atoms with Crippen LogP contribution in [0, 0.1) is 0 Å². The maximum Gasteiger partial charge on any atom is 0.416 e. The molecule has 2 amide bonds. The number of amides is 2. The molecular formula is C14H15ClF3N3O. The second-order valence-corrected chi connectivity index (χ2v) is 5.98. The fourth-order valence-corrected chi connectivity index (χ4v) is 3.25. The molecule has 2 N–H and O–H groups in total. The fourth-order valence-electron chi connectivity index (χ4n) is 3.09. The van der Waals surface area contributed by atoms with Crippen molar-refractivity contribution in [3.8, 4) is 0 Å². The van der Waals surface area contributed by atoms with Crippen LogP contribution in [0.25, 0.3) is 0 Å². The molecule has 22 heavy (non-hydrogen) atoms. The highest BCUT2D eigenvalue weighted by atomic mass is 35.5. The molecular weight excluding hydrogens is 319 g/mol. The van der Waals surface area contributed by atoms with Crippen molar-refractivity contribution in [3.05, 3.63) is 28.8 Å². The Morgan fingerprint density at radius 3 is 2.50 bits per heavy atom. The Morgan fingerprint density at radius 1 is 1.27 bits per heavy atom. The molecule has 2 aliphatic heterocycles. The Bertz CT molecular complexity index is 577. The van der Waals surface area contributed by atoms with E-state index >= 15 is 0 Å². The lowest BCUT2D eigenvalue weighted by Crippen LogP contribution is -2.55. The van der Waals surface area contributed by atoms with Crippen molar-refractivity contribution in [2.75, 3.05) is 18.4 Å². The highest BCUT2D eigenvalue weighted by Gasteiger charge is 2.39. The van der Waals surface area contributed by atoms with Gasteiger partial charge in [0.05, 0.1) is 16.3 Å². The van der Waals surface area contributed by atoms with Crippen LogP contribution >= 0.6 is 11.6 Å². The second-order valence-electron chi connectivity index (χ2n) is 5.57. The van der Waals surface area contributed by atoms with E-state index in [2.05, 4.69) is 10.6 Å². The monoisotopic (exact) mass is 333 g/mol. The highest BCUT2D eigenvalue weighted by molar-refractivity contribution is 6.33. The average molecular weight is 334 g/mol. The molecule has 8 heteroatoms. The number of benzene rings is 1. The summed E-state index contributed by atoms with van der Waals surface area (Å²) in [6, 6.07) is 2.69. The van der Waals surface area contributed by atoms with E-state index in [0.29, 0.717) is 13.1 Å². The third-order valence-electron chi connectivity index (χ3n) is 4.15. The molecule has 2 bridgehead atoms. The van der Waals surface area contributed by atoms with Gasteiger partial charge in [0.25, 0.3) is 0 Å². The van der Waals surface area contributed by atoms with Gasteiger partial charge >= 0.3 is 12.2 Å². The van der Waals surface area contributed by atoms with E-state index < -0.39 is 17.8 Å². The van der Waals surface area contributed by atoms with Crippen LogP contribution < -0.4 is 10.6 Å². The van der Waals surface area contributed by atoms with Gasteiger partial charge in [-0.1, -0.05) is 11.6 Å². The van der Waals surface area contributed by atoms with E-state index in [0.717, 1.165) is 31.0 Å². The van der Waals surface area contributed by atoms with E-state index in [1.807, 2.05) is 0 Å². The number of alkyl halides is 3. The standard InChI is InChI=1S/C14H15ClF3N3O/c15-11-4-1-8(14(16,17)18)5-12(11)20-13(22)21-9-2-3-10(21)7-19-6-9/h1,4-5,9-10,19H,2-3,6-7H2,(H,20,22). The van der Waals surface area contributed by atoms with Crippen molar-refractivity contribution < 1.29 is 18.0 Å². The number of anilines is 1. The predicted octanol–water partition coefficient (Wildman–Crippen LogP) is 3.33. The number of piperazine rings is 1. The summed E-state index contributed by atoms with van der Waals surface area (Å²) in [6.07, 6.45) is -2.67. The topological polar surface area (TPSA) is 44.4 Å². The molecule has 2 heterocycles. The summed E-state index contributed by atoms with van der Waals surface area (Å²) in [4.78, 5) is 14.1. The predicted molar refractivity (Wildman–Crippen MR) is 77.0 cm³/mol. The van der Waals surface area contributed by atoms with Gasteiger partial charge < -0.3 is 15.5 Å². The molecule has 2 aliphatic rings. The summed E-state index contributed by atoms with van der Waals surface area (Å²) in [7, 11) is 0. The minimum absolute atomic E-state index is 0.0144. The molecule has 2 unspecified atom stereocenters. The molecule has 0 saturated carbocycles. The first-order valence-corrected chi connectivity index (χ1v) is 7.41. The SMILES string of the molecule is O=C(Nc1cc(C(F)(F)F)ccc1Cl)N1C2CCC1CNC2. The molecule has 0 aliphatic carbocycles. The van der Waals surface area contributed by atoms with Gasteiger partial charge in [0, 0.05) is 25.2 Å². The smallest absolute Gasteiger partial charge is 0.316 e. The van der Waals surface area contributed by atoms with E-state index in [4.69, 9.17) is 11.6 Å². The molecule has 2 saturated heterocycles. The van der Waals surface area contributed by atoms with Gasteiger partial charge in [-0.2, -0.15) is 13.2 Å². The quantitative estimate of drug-likeness (QED) is 0.828. The zero-order chi connectivity index (χ0) is 15.9. The van der Waals surface area contributed by atoms with Gasteiger partial charge in [-0.25, -0.2) is 4.79 Å². The molecule has 120 valence electrons. The molecule has 1 aromatic carbocycles. The summed E-state index contributed by atoms with van der Waals surface area (Å²) >= 11 is 5.90. The average Bonchev–Trinajstić information content (AvgIpc) is 2.70. The molecule has 4 nitrogen and oxygen atoms in total. The van der Waals surface area contributed by atoms with Crippen molar-refractivity contribution in [3.63, 3.8) is 0 Å². The first-order chi connectivity index (χ1) is 10.4. The van der Waals surface area contributed by atoms with Crippen molar-refractivity contribution in [2.45, 2.75) is 31.1 Å². The lowest BCUT2D eigenvalue weighted by molar-refractivity contribution is -0.137. The van der Waals surface area contributed by atoms with Gasteiger partial charge in [0.1, 0.15) is 0 Å². The second kappa shape index (κ2) is 5.62. The molecule has 1 aromatic rings. The summed E-state index contributed by atoms with van der Waals surface area (Å²) < 4.78 is 38.3. The third kappa shape index (κ3) is 2.87. The van der Waals surface area contributed by atoms with Crippen molar-refractivity contribution in [1.29, 1.82) is 0 Å². The number of hydrogen-bond acceptors (Lipinski definition) is 2. The van der Waals surface area contributed by atoms with Crippen LogP contribution in [-0.4, -0.2) is 36.1 Å². The van der Waals surface area contributed by atoms with Crippen LogP contribution in [0.5, 0.6) is 0 Å². The number of carbonyl (C=O) groups excluding carboxylic acids is 1. The van der Waals surface area contributed by atoms with Crippen LogP contribution in [0.3, 0.4) is 0 Å². The molecule has 2 atom stereocenters. The minimum Gasteiger partial charge on any atom is -0.316 e. The summed E-state index contributed by atoms with van der Waals surface area (Å²) in [5.74, 6) is 0. The Kier molecular flexibility index (Phi) is 3.94. The molecule has 3 rings (SSSR count). The number of urea groups is 1. The summed E-state index contributed by atoms with van der Waals surface area (Å²) in [5.41, 5.74) is -0.852. The largest absolute Gasteiger partial charge is 0.416 e. The Morgan fingerprint density at radius 2 is 1.91 bits per heavy atom. The van der Waals surface area contributed by atoms with Crippen LogP contribution in [0.4, 0.5) is 23.7 Å². The van der Waals surface area contributed by atoms with Gasteiger partial charge in [-0.15, -0.1) is 0 Å². The number of halogens is 4. The number of rotatable bonds is 1. The third-order valence-corrected chi connectivity index (χ3v) is 4.48. The first-order valence-electron chi connectivity index (χ1n) is 7.03. The lowest BCUT2D eigenvalue weighted by atomic mass is 10.2. The van der Waals surface area contributed by atoms with Crippen molar-refractivity contribution in [1.82, 2.24) is 10.2 Å². The molecule has 0 aromatic heterocycles. The number of fused-ring (bicyclic) bond motifs is 2. The van der Waals surface area contributed by atoms with Crippen molar-refractivity contribution in [2.24, 2.45) is 0 Å².